The first-order valence-corrected chi connectivity index (χ1v) is 9.16. The Hall–Kier alpha value is -1.79. The van der Waals surface area contributed by atoms with E-state index >= 15 is 0 Å². The third-order valence-electron chi connectivity index (χ3n) is 4.48. The molecule has 146 valence electrons. The van der Waals surface area contributed by atoms with E-state index in [1.807, 2.05) is 0 Å². The highest BCUT2D eigenvalue weighted by Crippen LogP contribution is 2.16. The summed E-state index contributed by atoms with van der Waals surface area (Å²) in [5.41, 5.74) is 1.16. The second kappa shape index (κ2) is 11.8. The molecule has 7 heteroatoms. The third-order valence-corrected chi connectivity index (χ3v) is 4.48. The number of halogens is 1. The van der Waals surface area contributed by atoms with Crippen LogP contribution in [-0.2, 0) is 0 Å². The highest BCUT2D eigenvalue weighted by molar-refractivity contribution is 5.96. The Bertz CT molecular complexity index is 572. The summed E-state index contributed by atoms with van der Waals surface area (Å²) in [5.74, 6) is -0.122. The smallest absolute Gasteiger partial charge is 0.321 e. The van der Waals surface area contributed by atoms with Crippen LogP contribution in [0, 0.1) is 0 Å². The minimum atomic E-state index is -0.217. The van der Waals surface area contributed by atoms with E-state index in [0.29, 0.717) is 23.8 Å². The summed E-state index contributed by atoms with van der Waals surface area (Å²) < 4.78 is 0. The largest absolute Gasteiger partial charge is 0.351 e. The summed E-state index contributed by atoms with van der Waals surface area (Å²) in [6.07, 6.45) is 7.76. The van der Waals surface area contributed by atoms with E-state index in [2.05, 4.69) is 16.0 Å². The summed E-state index contributed by atoms with van der Waals surface area (Å²) >= 11 is 0. The Morgan fingerprint density at radius 3 is 2.42 bits per heavy atom. The number of rotatable bonds is 6. The Balaban J connectivity index is 0.00000338. The molecule has 1 aromatic rings. The number of hydrogen-bond donors (Lipinski definition) is 3. The van der Waals surface area contributed by atoms with Crippen molar-refractivity contribution in [1.82, 2.24) is 15.5 Å². The number of carbonyl (C=O) groups is 2. The number of amides is 3. The number of nitrogens with zero attached hydrogens (tertiary/aromatic N) is 1. The Kier molecular flexibility index (Phi) is 10.1. The lowest BCUT2D eigenvalue weighted by atomic mass is 10.1. The van der Waals surface area contributed by atoms with E-state index in [1.54, 1.807) is 38.4 Å². The van der Waals surface area contributed by atoms with E-state index in [0.717, 1.165) is 6.54 Å². The fourth-order valence-electron chi connectivity index (χ4n) is 3.01. The molecule has 6 nitrogen and oxygen atoms in total. The van der Waals surface area contributed by atoms with Crippen molar-refractivity contribution < 1.29 is 9.59 Å². The van der Waals surface area contributed by atoms with Crippen molar-refractivity contribution in [3.8, 4) is 0 Å². The van der Waals surface area contributed by atoms with Gasteiger partial charge in [0.2, 0.25) is 0 Å². The molecule has 0 heterocycles. The Labute approximate surface area is 162 Å². The van der Waals surface area contributed by atoms with Crippen LogP contribution in [-0.4, -0.2) is 50.1 Å². The van der Waals surface area contributed by atoms with Crippen LogP contribution in [0.1, 0.15) is 48.9 Å². The lowest BCUT2D eigenvalue weighted by Gasteiger charge is -2.16. The lowest BCUT2D eigenvalue weighted by Crippen LogP contribution is -2.36. The van der Waals surface area contributed by atoms with Crippen LogP contribution in [0.2, 0.25) is 0 Å². The van der Waals surface area contributed by atoms with Crippen molar-refractivity contribution in [2.45, 2.75) is 44.6 Å². The van der Waals surface area contributed by atoms with E-state index in [-0.39, 0.29) is 24.3 Å². The molecule has 0 radical (unpaired) electrons. The molecule has 1 saturated carbocycles. The van der Waals surface area contributed by atoms with Crippen LogP contribution in [0.5, 0.6) is 0 Å². The molecule has 0 saturated heterocycles. The third kappa shape index (κ3) is 7.62. The molecule has 1 aliphatic carbocycles. The maximum absolute atomic E-state index is 12.3. The van der Waals surface area contributed by atoms with Crippen molar-refractivity contribution in [2.24, 2.45) is 0 Å². The second-order valence-corrected chi connectivity index (χ2v) is 6.80. The fourth-order valence-corrected chi connectivity index (χ4v) is 3.01. The standard InChI is InChI=1S/C19H30N4O2.ClH/c1-23(2)19(25)22-17-11-7-8-15(14-17)18(24)21-13-12-20-16-9-5-3-4-6-10-16;/h7-8,11,14,16,20H,3-6,9-10,12-13H2,1-2H3,(H,21,24)(H,22,25);1H. The first kappa shape index (κ1) is 22.3. The van der Waals surface area contributed by atoms with Crippen LogP contribution in [0.25, 0.3) is 0 Å². The highest BCUT2D eigenvalue weighted by atomic mass is 35.5. The van der Waals surface area contributed by atoms with Crippen LogP contribution in [0.15, 0.2) is 24.3 Å². The molecule has 3 N–H and O–H groups in total. The molecule has 0 spiro atoms. The molecule has 0 unspecified atom stereocenters. The normalized spacial score (nSPS) is 14.7. The molecular formula is C19H31ClN4O2. The molecule has 0 atom stereocenters. The van der Waals surface area contributed by atoms with Gasteiger partial charge in [0, 0.05) is 44.5 Å². The highest BCUT2D eigenvalue weighted by Gasteiger charge is 2.12. The summed E-state index contributed by atoms with van der Waals surface area (Å²) in [7, 11) is 3.35. The van der Waals surface area contributed by atoms with Gasteiger partial charge in [0.1, 0.15) is 0 Å². The molecule has 2 rings (SSSR count). The van der Waals surface area contributed by atoms with E-state index in [1.165, 1.54) is 43.4 Å². The summed E-state index contributed by atoms with van der Waals surface area (Å²) in [4.78, 5) is 25.4. The molecule has 0 bridgehead atoms. The van der Waals surface area contributed by atoms with Crippen molar-refractivity contribution in [1.29, 1.82) is 0 Å². The fraction of sp³-hybridized carbons (Fsp3) is 0.579. The zero-order chi connectivity index (χ0) is 18.1. The van der Waals surface area contributed by atoms with Gasteiger partial charge in [-0.2, -0.15) is 0 Å². The van der Waals surface area contributed by atoms with Gasteiger partial charge in [0.25, 0.3) is 5.91 Å². The molecule has 0 aliphatic heterocycles. The van der Waals surface area contributed by atoms with Gasteiger partial charge in [-0.05, 0) is 31.0 Å². The van der Waals surface area contributed by atoms with Crippen molar-refractivity contribution in [3.05, 3.63) is 29.8 Å². The number of anilines is 1. The number of benzene rings is 1. The molecule has 26 heavy (non-hydrogen) atoms. The first-order chi connectivity index (χ1) is 12.1. The van der Waals surface area contributed by atoms with E-state index in [9.17, 15) is 9.59 Å². The van der Waals surface area contributed by atoms with Gasteiger partial charge in [0.15, 0.2) is 0 Å². The Morgan fingerprint density at radius 2 is 1.77 bits per heavy atom. The predicted octanol–water partition coefficient (Wildman–Crippen LogP) is 3.24. The van der Waals surface area contributed by atoms with Gasteiger partial charge in [-0.1, -0.05) is 31.7 Å². The van der Waals surface area contributed by atoms with Crippen LogP contribution < -0.4 is 16.0 Å². The summed E-state index contributed by atoms with van der Waals surface area (Å²) in [6.45, 7) is 1.39. The predicted molar refractivity (Wildman–Crippen MR) is 108 cm³/mol. The van der Waals surface area contributed by atoms with Crippen molar-refractivity contribution >= 4 is 30.0 Å². The zero-order valence-electron chi connectivity index (χ0n) is 15.7. The average Bonchev–Trinajstić information content (AvgIpc) is 2.87. The molecule has 3 amide bonds. The molecule has 0 aromatic heterocycles. The van der Waals surface area contributed by atoms with Gasteiger partial charge in [-0.3, -0.25) is 4.79 Å². The van der Waals surface area contributed by atoms with Gasteiger partial charge >= 0.3 is 6.03 Å². The van der Waals surface area contributed by atoms with Crippen LogP contribution in [0.4, 0.5) is 10.5 Å². The topological polar surface area (TPSA) is 73.5 Å². The monoisotopic (exact) mass is 382 g/mol. The van der Waals surface area contributed by atoms with E-state index in [4.69, 9.17) is 0 Å². The maximum Gasteiger partial charge on any atom is 0.321 e. The lowest BCUT2D eigenvalue weighted by molar-refractivity contribution is 0.0953. The first-order valence-electron chi connectivity index (χ1n) is 9.16. The molecule has 1 fully saturated rings. The van der Waals surface area contributed by atoms with Gasteiger partial charge in [-0.15, -0.1) is 12.4 Å². The van der Waals surface area contributed by atoms with E-state index < -0.39 is 0 Å². The Morgan fingerprint density at radius 1 is 1.08 bits per heavy atom. The maximum atomic E-state index is 12.3. The van der Waals surface area contributed by atoms with Gasteiger partial charge < -0.3 is 20.9 Å². The number of nitrogens with one attached hydrogen (secondary N) is 3. The number of urea groups is 1. The van der Waals surface area contributed by atoms with Crippen LogP contribution in [0.3, 0.4) is 0 Å². The summed E-state index contributed by atoms with van der Waals surface area (Å²) in [6, 6.07) is 7.35. The number of carbonyl (C=O) groups excluding carboxylic acids is 2. The van der Waals surface area contributed by atoms with Gasteiger partial charge in [-0.25, -0.2) is 4.79 Å². The second-order valence-electron chi connectivity index (χ2n) is 6.80. The minimum Gasteiger partial charge on any atom is -0.351 e. The molecule has 1 aromatic carbocycles. The van der Waals surface area contributed by atoms with Crippen molar-refractivity contribution in [2.75, 3.05) is 32.5 Å². The minimum absolute atomic E-state index is 0. The summed E-state index contributed by atoms with van der Waals surface area (Å²) in [5, 5.41) is 9.22. The van der Waals surface area contributed by atoms with Crippen LogP contribution >= 0.6 is 12.4 Å². The van der Waals surface area contributed by atoms with Gasteiger partial charge in [0.05, 0.1) is 0 Å². The quantitative estimate of drug-likeness (QED) is 0.522. The molecular weight excluding hydrogens is 352 g/mol. The average molecular weight is 383 g/mol. The SMILES string of the molecule is CN(C)C(=O)Nc1cccc(C(=O)NCCNC2CCCCCC2)c1.Cl. The van der Waals surface area contributed by atoms with Crippen molar-refractivity contribution in [3.63, 3.8) is 0 Å². The zero-order valence-corrected chi connectivity index (χ0v) is 16.5. The molecule has 1 aliphatic rings. The number of hydrogen-bond acceptors (Lipinski definition) is 3.